The summed E-state index contributed by atoms with van der Waals surface area (Å²) in [5.74, 6) is 0.833. The molecule has 0 bridgehead atoms. The van der Waals surface area contributed by atoms with Crippen molar-refractivity contribution in [2.24, 2.45) is 5.92 Å². The number of hydrogen-bond donors (Lipinski definition) is 1. The SMILES string of the molecule is Cc1ccc(Cl)c(Oc2ccc(NC(=O)C(C)C)c(Br)c2)c1Cl. The highest BCUT2D eigenvalue weighted by Crippen LogP contribution is 2.39. The van der Waals surface area contributed by atoms with Crippen molar-refractivity contribution in [1.29, 1.82) is 0 Å². The number of halogens is 3. The van der Waals surface area contributed by atoms with Gasteiger partial charge < -0.3 is 10.1 Å². The zero-order valence-electron chi connectivity index (χ0n) is 12.9. The Hall–Kier alpha value is -1.23. The fourth-order valence-corrected chi connectivity index (χ4v) is 2.68. The molecule has 0 aliphatic heterocycles. The molecule has 0 radical (unpaired) electrons. The normalized spacial score (nSPS) is 10.7. The van der Waals surface area contributed by atoms with Crippen molar-refractivity contribution in [1.82, 2.24) is 0 Å². The van der Waals surface area contributed by atoms with Gasteiger partial charge in [0, 0.05) is 10.4 Å². The van der Waals surface area contributed by atoms with Gasteiger partial charge >= 0.3 is 0 Å². The first-order valence-corrected chi connectivity index (χ1v) is 8.57. The molecule has 2 rings (SSSR count). The van der Waals surface area contributed by atoms with Gasteiger partial charge in [-0.25, -0.2) is 0 Å². The maximum absolute atomic E-state index is 11.8. The van der Waals surface area contributed by atoms with Crippen LogP contribution in [0.3, 0.4) is 0 Å². The Balaban J connectivity index is 2.25. The number of hydrogen-bond acceptors (Lipinski definition) is 2. The molecule has 0 spiro atoms. The van der Waals surface area contributed by atoms with E-state index in [1.807, 2.05) is 26.8 Å². The Bertz CT molecular complexity index is 748. The molecule has 0 saturated carbocycles. The van der Waals surface area contributed by atoms with Gasteiger partial charge in [0.25, 0.3) is 0 Å². The zero-order chi connectivity index (χ0) is 17.1. The third-order valence-electron chi connectivity index (χ3n) is 3.18. The smallest absolute Gasteiger partial charge is 0.226 e. The van der Waals surface area contributed by atoms with E-state index >= 15 is 0 Å². The van der Waals surface area contributed by atoms with E-state index in [1.165, 1.54) is 0 Å². The second kappa shape index (κ2) is 7.56. The number of ether oxygens (including phenoxy) is 1. The molecule has 6 heteroatoms. The van der Waals surface area contributed by atoms with E-state index in [0.29, 0.717) is 31.7 Å². The summed E-state index contributed by atoms with van der Waals surface area (Å²) in [4.78, 5) is 11.8. The van der Waals surface area contributed by atoms with Crippen molar-refractivity contribution in [2.45, 2.75) is 20.8 Å². The largest absolute Gasteiger partial charge is 0.454 e. The molecule has 0 aliphatic rings. The molecule has 0 aromatic heterocycles. The van der Waals surface area contributed by atoms with Gasteiger partial charge in [-0.2, -0.15) is 0 Å². The minimum atomic E-state index is -0.0947. The van der Waals surface area contributed by atoms with E-state index in [1.54, 1.807) is 24.3 Å². The van der Waals surface area contributed by atoms with Crippen LogP contribution in [0.4, 0.5) is 5.69 Å². The quantitative estimate of drug-likeness (QED) is 0.621. The first-order chi connectivity index (χ1) is 10.8. The molecule has 0 saturated heterocycles. The minimum absolute atomic E-state index is 0.0517. The zero-order valence-corrected chi connectivity index (χ0v) is 16.0. The highest BCUT2D eigenvalue weighted by atomic mass is 79.9. The second-order valence-corrected chi connectivity index (χ2v) is 7.03. The summed E-state index contributed by atoms with van der Waals surface area (Å²) in [5, 5.41) is 3.76. The van der Waals surface area contributed by atoms with E-state index in [9.17, 15) is 4.79 Å². The first kappa shape index (κ1) is 18.1. The van der Waals surface area contributed by atoms with Gasteiger partial charge in [-0.05, 0) is 52.7 Å². The van der Waals surface area contributed by atoms with Crippen molar-refractivity contribution in [2.75, 3.05) is 5.32 Å². The van der Waals surface area contributed by atoms with Gasteiger partial charge in [0.15, 0.2) is 5.75 Å². The predicted molar refractivity (Wildman–Crippen MR) is 98.9 cm³/mol. The monoisotopic (exact) mass is 415 g/mol. The number of carbonyl (C=O) groups excluding carboxylic acids is 1. The highest BCUT2D eigenvalue weighted by molar-refractivity contribution is 9.10. The standard InChI is InChI=1S/C17H16BrCl2NO2/c1-9(2)17(22)21-14-7-5-11(8-12(14)18)23-16-13(19)6-4-10(3)15(16)20/h4-9H,1-3H3,(H,21,22). The number of amides is 1. The molecule has 1 amide bonds. The molecular weight excluding hydrogens is 401 g/mol. The van der Waals surface area contributed by atoms with Crippen LogP contribution in [0.25, 0.3) is 0 Å². The number of benzene rings is 2. The lowest BCUT2D eigenvalue weighted by molar-refractivity contribution is -0.118. The lowest BCUT2D eigenvalue weighted by Gasteiger charge is -2.13. The predicted octanol–water partition coefficient (Wildman–Crippen LogP) is 6.45. The van der Waals surface area contributed by atoms with Crippen LogP contribution >= 0.6 is 39.1 Å². The van der Waals surface area contributed by atoms with E-state index in [4.69, 9.17) is 27.9 Å². The third-order valence-corrected chi connectivity index (χ3v) is 4.61. The molecule has 2 aromatic rings. The van der Waals surface area contributed by atoms with Gasteiger partial charge in [-0.1, -0.05) is 43.1 Å². The second-order valence-electron chi connectivity index (χ2n) is 5.40. The topological polar surface area (TPSA) is 38.3 Å². The lowest BCUT2D eigenvalue weighted by atomic mass is 10.2. The number of carbonyl (C=O) groups is 1. The van der Waals surface area contributed by atoms with E-state index in [2.05, 4.69) is 21.2 Å². The maximum atomic E-state index is 11.8. The van der Waals surface area contributed by atoms with Crippen LogP contribution in [0.15, 0.2) is 34.8 Å². The minimum Gasteiger partial charge on any atom is -0.454 e. The Morgan fingerprint density at radius 3 is 2.52 bits per heavy atom. The summed E-state index contributed by atoms with van der Waals surface area (Å²) in [7, 11) is 0. The molecule has 0 unspecified atom stereocenters. The molecule has 0 atom stereocenters. The van der Waals surface area contributed by atoms with Crippen LogP contribution in [0.1, 0.15) is 19.4 Å². The van der Waals surface area contributed by atoms with Crippen LogP contribution in [-0.4, -0.2) is 5.91 Å². The van der Waals surface area contributed by atoms with Crippen molar-refractivity contribution in [3.8, 4) is 11.5 Å². The molecule has 122 valence electrons. The van der Waals surface area contributed by atoms with Crippen LogP contribution in [0.5, 0.6) is 11.5 Å². The molecule has 2 aromatic carbocycles. The molecule has 1 N–H and O–H groups in total. The molecule has 0 aliphatic carbocycles. The molecule has 3 nitrogen and oxygen atoms in total. The van der Waals surface area contributed by atoms with Crippen molar-refractivity contribution in [3.63, 3.8) is 0 Å². The average molecular weight is 417 g/mol. The Kier molecular flexibility index (Phi) is 5.95. The number of nitrogens with one attached hydrogen (secondary N) is 1. The van der Waals surface area contributed by atoms with E-state index < -0.39 is 0 Å². The van der Waals surface area contributed by atoms with Crippen LogP contribution in [0.2, 0.25) is 10.0 Å². The summed E-state index contributed by atoms with van der Waals surface area (Å²) < 4.78 is 6.51. The van der Waals surface area contributed by atoms with Crippen molar-refractivity contribution < 1.29 is 9.53 Å². The summed E-state index contributed by atoms with van der Waals surface area (Å²) >= 11 is 15.8. The lowest BCUT2D eigenvalue weighted by Crippen LogP contribution is -2.17. The fraction of sp³-hybridized carbons (Fsp3) is 0.235. The number of aryl methyl sites for hydroxylation is 1. The molecule has 0 fully saturated rings. The molecule has 0 heterocycles. The summed E-state index contributed by atoms with van der Waals surface area (Å²) in [6.45, 7) is 5.55. The third kappa shape index (κ3) is 4.40. The van der Waals surface area contributed by atoms with E-state index in [0.717, 1.165) is 5.56 Å². The first-order valence-electron chi connectivity index (χ1n) is 7.02. The van der Waals surface area contributed by atoms with Crippen LogP contribution in [0, 0.1) is 12.8 Å². The fourth-order valence-electron chi connectivity index (χ4n) is 1.78. The Morgan fingerprint density at radius 2 is 1.91 bits per heavy atom. The van der Waals surface area contributed by atoms with Crippen LogP contribution < -0.4 is 10.1 Å². The van der Waals surface area contributed by atoms with E-state index in [-0.39, 0.29) is 11.8 Å². The summed E-state index contributed by atoms with van der Waals surface area (Å²) in [6, 6.07) is 8.83. The summed E-state index contributed by atoms with van der Waals surface area (Å²) in [6.07, 6.45) is 0. The molecule has 23 heavy (non-hydrogen) atoms. The van der Waals surface area contributed by atoms with Gasteiger partial charge in [-0.3, -0.25) is 4.79 Å². The van der Waals surface area contributed by atoms with Gasteiger partial charge in [0.2, 0.25) is 5.91 Å². The van der Waals surface area contributed by atoms with Crippen molar-refractivity contribution >= 4 is 50.7 Å². The summed E-state index contributed by atoms with van der Waals surface area (Å²) in [5.41, 5.74) is 1.56. The highest BCUT2D eigenvalue weighted by Gasteiger charge is 2.13. The van der Waals surface area contributed by atoms with Gasteiger partial charge in [0.1, 0.15) is 5.75 Å². The van der Waals surface area contributed by atoms with Gasteiger partial charge in [0.05, 0.1) is 15.7 Å². The van der Waals surface area contributed by atoms with Crippen molar-refractivity contribution in [3.05, 3.63) is 50.4 Å². The Morgan fingerprint density at radius 1 is 1.22 bits per heavy atom. The number of rotatable bonds is 4. The molecular formula is C17H16BrCl2NO2. The van der Waals surface area contributed by atoms with Gasteiger partial charge in [-0.15, -0.1) is 0 Å². The maximum Gasteiger partial charge on any atom is 0.226 e. The number of anilines is 1. The van der Waals surface area contributed by atoms with Crippen LogP contribution in [-0.2, 0) is 4.79 Å². The Labute approximate surface area is 154 Å². The average Bonchev–Trinajstić information content (AvgIpc) is 2.50.